The van der Waals surface area contributed by atoms with Crippen LogP contribution in [0.4, 0.5) is 21.9 Å². The van der Waals surface area contributed by atoms with Gasteiger partial charge < -0.3 is 20.9 Å². The standard InChI is InChI=1S/C29H30N4O4/c1-29(2,18-6-5-9-26(35)33-25-8-4-3-7-24(25)31)27(21-12-16-23(34)17-13-21)37-28(36)32-22-14-10-20(19-30)11-15-22/h3-5,7-17,27,34H,6,18,31H2,1-2H3,(H,32,36)(H,33,35)/b9-5+/t27-/m1/s1. The number of nitrogen functional groups attached to an aromatic ring is 1. The van der Waals surface area contributed by atoms with Crippen LogP contribution in [0.3, 0.4) is 0 Å². The summed E-state index contributed by atoms with van der Waals surface area (Å²) in [5, 5.41) is 24.1. The highest BCUT2D eigenvalue weighted by Gasteiger charge is 2.34. The molecule has 0 aromatic heterocycles. The molecule has 0 bridgehead atoms. The van der Waals surface area contributed by atoms with Gasteiger partial charge in [-0.05, 0) is 73.0 Å². The van der Waals surface area contributed by atoms with Crippen LogP contribution in [0.5, 0.6) is 5.75 Å². The minimum absolute atomic E-state index is 0.107. The molecule has 3 aromatic rings. The van der Waals surface area contributed by atoms with Gasteiger partial charge in [0, 0.05) is 11.1 Å². The summed E-state index contributed by atoms with van der Waals surface area (Å²) in [6.07, 6.45) is 3.08. The van der Waals surface area contributed by atoms with Crippen molar-refractivity contribution in [2.45, 2.75) is 32.8 Å². The van der Waals surface area contributed by atoms with E-state index in [-0.39, 0.29) is 11.7 Å². The number of anilines is 3. The Bertz CT molecular complexity index is 1290. The van der Waals surface area contributed by atoms with Gasteiger partial charge in [-0.15, -0.1) is 0 Å². The summed E-state index contributed by atoms with van der Waals surface area (Å²) in [6, 6.07) is 22.0. The molecule has 0 heterocycles. The summed E-state index contributed by atoms with van der Waals surface area (Å²) in [7, 11) is 0. The lowest BCUT2D eigenvalue weighted by molar-refractivity contribution is -0.111. The summed E-state index contributed by atoms with van der Waals surface area (Å²) in [6.45, 7) is 3.94. The third-order valence-electron chi connectivity index (χ3n) is 5.83. The molecule has 190 valence electrons. The fourth-order valence-corrected chi connectivity index (χ4v) is 3.77. The van der Waals surface area contributed by atoms with Gasteiger partial charge in [0.05, 0.1) is 23.0 Å². The van der Waals surface area contributed by atoms with Crippen LogP contribution in [-0.4, -0.2) is 17.1 Å². The Morgan fingerprint density at radius 2 is 1.73 bits per heavy atom. The molecular formula is C29H30N4O4. The summed E-state index contributed by atoms with van der Waals surface area (Å²) < 4.78 is 5.86. The first kappa shape index (κ1) is 26.8. The van der Waals surface area contributed by atoms with Crippen molar-refractivity contribution >= 4 is 29.1 Å². The van der Waals surface area contributed by atoms with Gasteiger partial charge >= 0.3 is 6.09 Å². The second-order valence-corrected chi connectivity index (χ2v) is 9.20. The first-order chi connectivity index (χ1) is 17.7. The number of aromatic hydroxyl groups is 1. The van der Waals surface area contributed by atoms with Crippen molar-refractivity contribution in [2.24, 2.45) is 5.41 Å². The number of rotatable bonds is 9. The molecule has 0 spiro atoms. The van der Waals surface area contributed by atoms with Crippen LogP contribution >= 0.6 is 0 Å². The maximum atomic E-state index is 12.8. The van der Waals surface area contributed by atoms with Gasteiger partial charge in [0.15, 0.2) is 0 Å². The largest absolute Gasteiger partial charge is 0.508 e. The molecule has 1 atom stereocenters. The molecule has 37 heavy (non-hydrogen) atoms. The molecular weight excluding hydrogens is 468 g/mol. The molecule has 5 N–H and O–H groups in total. The van der Waals surface area contributed by atoms with E-state index in [1.165, 1.54) is 6.08 Å². The molecule has 0 aliphatic carbocycles. The topological polar surface area (TPSA) is 137 Å². The molecule has 0 unspecified atom stereocenters. The molecule has 8 nitrogen and oxygen atoms in total. The number of nitrogens with zero attached hydrogens (tertiary/aromatic N) is 1. The van der Waals surface area contributed by atoms with E-state index in [4.69, 9.17) is 15.7 Å². The maximum Gasteiger partial charge on any atom is 0.412 e. The zero-order chi connectivity index (χ0) is 26.8. The lowest BCUT2D eigenvalue weighted by Gasteiger charge is -2.34. The van der Waals surface area contributed by atoms with Crippen molar-refractivity contribution in [1.29, 1.82) is 5.26 Å². The first-order valence-electron chi connectivity index (χ1n) is 11.8. The molecule has 0 saturated heterocycles. The fraction of sp³-hybridized carbons (Fsp3) is 0.207. The van der Waals surface area contributed by atoms with E-state index in [0.29, 0.717) is 35.5 Å². The predicted molar refractivity (Wildman–Crippen MR) is 144 cm³/mol. The summed E-state index contributed by atoms with van der Waals surface area (Å²) in [5.41, 5.74) is 8.08. The summed E-state index contributed by atoms with van der Waals surface area (Å²) in [4.78, 5) is 25.0. The minimum atomic E-state index is -0.647. The smallest absolute Gasteiger partial charge is 0.412 e. The number of phenols is 1. The summed E-state index contributed by atoms with van der Waals surface area (Å²) in [5.74, 6) is -0.181. The van der Waals surface area contributed by atoms with E-state index in [1.807, 2.05) is 19.9 Å². The number of nitriles is 1. The molecule has 3 aromatic carbocycles. The van der Waals surface area contributed by atoms with Crippen LogP contribution < -0.4 is 16.4 Å². The Balaban J connectivity index is 1.66. The Kier molecular flexibility index (Phi) is 8.90. The molecule has 0 aliphatic heterocycles. The van der Waals surface area contributed by atoms with Crippen molar-refractivity contribution in [3.63, 3.8) is 0 Å². The molecule has 0 fully saturated rings. The third-order valence-corrected chi connectivity index (χ3v) is 5.83. The Morgan fingerprint density at radius 3 is 2.38 bits per heavy atom. The van der Waals surface area contributed by atoms with E-state index in [2.05, 4.69) is 10.6 Å². The lowest BCUT2D eigenvalue weighted by Crippen LogP contribution is -2.29. The second kappa shape index (κ2) is 12.3. The van der Waals surface area contributed by atoms with E-state index < -0.39 is 17.6 Å². The van der Waals surface area contributed by atoms with Gasteiger partial charge in [-0.2, -0.15) is 5.26 Å². The van der Waals surface area contributed by atoms with E-state index >= 15 is 0 Å². The molecule has 2 amide bonds. The average molecular weight is 499 g/mol. The van der Waals surface area contributed by atoms with Crippen LogP contribution in [0.25, 0.3) is 0 Å². The zero-order valence-electron chi connectivity index (χ0n) is 20.8. The second-order valence-electron chi connectivity index (χ2n) is 9.20. The lowest BCUT2D eigenvalue weighted by atomic mass is 9.78. The van der Waals surface area contributed by atoms with Crippen molar-refractivity contribution in [2.75, 3.05) is 16.4 Å². The van der Waals surface area contributed by atoms with Gasteiger partial charge in [-0.3, -0.25) is 10.1 Å². The highest BCUT2D eigenvalue weighted by Crippen LogP contribution is 2.41. The Morgan fingerprint density at radius 1 is 1.05 bits per heavy atom. The molecule has 0 saturated carbocycles. The van der Waals surface area contributed by atoms with Gasteiger partial charge in [0.2, 0.25) is 5.91 Å². The van der Waals surface area contributed by atoms with E-state index in [1.54, 1.807) is 78.9 Å². The van der Waals surface area contributed by atoms with E-state index in [0.717, 1.165) is 5.56 Å². The predicted octanol–water partition coefficient (Wildman–Crippen LogP) is 6.14. The number of hydrogen-bond acceptors (Lipinski definition) is 6. The number of para-hydroxylation sites is 2. The highest BCUT2D eigenvalue weighted by molar-refractivity contribution is 6.01. The number of carbonyl (C=O) groups is 2. The Labute approximate surface area is 216 Å². The SMILES string of the molecule is CC(C)(CC/C=C/C(=O)Nc1ccccc1N)[C@H](OC(=O)Nc1ccc(C#N)cc1)c1ccc(O)cc1. The fourth-order valence-electron chi connectivity index (χ4n) is 3.77. The highest BCUT2D eigenvalue weighted by atomic mass is 16.6. The third kappa shape index (κ3) is 7.87. The van der Waals surface area contributed by atoms with Gasteiger partial charge in [-0.1, -0.05) is 44.2 Å². The molecule has 0 radical (unpaired) electrons. The summed E-state index contributed by atoms with van der Waals surface area (Å²) >= 11 is 0. The van der Waals surface area contributed by atoms with Crippen LogP contribution in [0.1, 0.15) is 43.9 Å². The van der Waals surface area contributed by atoms with Crippen LogP contribution in [0.15, 0.2) is 84.9 Å². The van der Waals surface area contributed by atoms with Crippen molar-refractivity contribution in [3.8, 4) is 11.8 Å². The monoisotopic (exact) mass is 498 g/mol. The number of phenolic OH excluding ortho intramolecular Hbond substituents is 1. The number of allylic oxidation sites excluding steroid dienone is 1. The van der Waals surface area contributed by atoms with Crippen molar-refractivity contribution in [1.82, 2.24) is 0 Å². The number of nitrogens with two attached hydrogens (primary N) is 1. The zero-order valence-corrected chi connectivity index (χ0v) is 20.8. The van der Waals surface area contributed by atoms with Crippen LogP contribution in [-0.2, 0) is 9.53 Å². The average Bonchev–Trinajstić information content (AvgIpc) is 2.88. The van der Waals surface area contributed by atoms with Crippen molar-refractivity contribution < 1.29 is 19.4 Å². The number of hydrogen-bond donors (Lipinski definition) is 4. The molecule has 3 rings (SSSR count). The normalized spacial score (nSPS) is 11.9. The maximum absolute atomic E-state index is 12.8. The first-order valence-corrected chi connectivity index (χ1v) is 11.8. The number of ether oxygens (including phenoxy) is 1. The molecule has 8 heteroatoms. The number of amides is 2. The minimum Gasteiger partial charge on any atom is -0.508 e. The Hall–Kier alpha value is -4.77. The van der Waals surface area contributed by atoms with E-state index in [9.17, 15) is 14.7 Å². The van der Waals surface area contributed by atoms with Gasteiger partial charge in [0.1, 0.15) is 11.9 Å². The van der Waals surface area contributed by atoms with Crippen LogP contribution in [0, 0.1) is 16.7 Å². The van der Waals surface area contributed by atoms with Crippen molar-refractivity contribution in [3.05, 3.63) is 96.1 Å². The quantitative estimate of drug-likeness (QED) is 0.207. The number of benzene rings is 3. The van der Waals surface area contributed by atoms with Gasteiger partial charge in [-0.25, -0.2) is 4.79 Å². The molecule has 0 aliphatic rings. The number of nitrogens with one attached hydrogen (secondary N) is 2. The van der Waals surface area contributed by atoms with Gasteiger partial charge in [0.25, 0.3) is 0 Å². The number of carbonyl (C=O) groups excluding carboxylic acids is 2. The van der Waals surface area contributed by atoms with Crippen LogP contribution in [0.2, 0.25) is 0 Å².